The number of ether oxygens (including phenoxy) is 2. The van der Waals surface area contributed by atoms with Crippen LogP contribution in [-0.4, -0.2) is 46.8 Å². The van der Waals surface area contributed by atoms with Crippen LogP contribution >= 0.6 is 0 Å². The third-order valence-corrected chi connectivity index (χ3v) is 4.36. The van der Waals surface area contributed by atoms with Crippen LogP contribution in [0.25, 0.3) is 0 Å². The SMILES string of the molecule is CCCCOc1ccc(C(=O)N2CCC(Oc3ccc(C)nn3)C2)cc1. The number of benzene rings is 1. The molecule has 1 fully saturated rings. The van der Waals surface area contributed by atoms with Crippen molar-refractivity contribution in [1.82, 2.24) is 15.1 Å². The van der Waals surface area contributed by atoms with E-state index in [9.17, 15) is 4.79 Å². The summed E-state index contributed by atoms with van der Waals surface area (Å²) in [6.45, 7) is 5.95. The van der Waals surface area contributed by atoms with E-state index in [1.807, 2.05) is 48.2 Å². The third-order valence-electron chi connectivity index (χ3n) is 4.36. The lowest BCUT2D eigenvalue weighted by Gasteiger charge is -2.17. The van der Waals surface area contributed by atoms with Crippen molar-refractivity contribution in [2.45, 2.75) is 39.2 Å². The zero-order valence-electron chi connectivity index (χ0n) is 15.4. The van der Waals surface area contributed by atoms with Gasteiger partial charge in [-0.2, -0.15) is 5.10 Å². The first-order valence-corrected chi connectivity index (χ1v) is 9.15. The number of nitrogens with zero attached hydrogens (tertiary/aromatic N) is 3. The van der Waals surface area contributed by atoms with Gasteiger partial charge < -0.3 is 14.4 Å². The largest absolute Gasteiger partial charge is 0.494 e. The van der Waals surface area contributed by atoms with Crippen molar-refractivity contribution in [3.63, 3.8) is 0 Å². The highest BCUT2D eigenvalue weighted by Gasteiger charge is 2.28. The number of likely N-dealkylation sites (tertiary alicyclic amines) is 1. The Balaban J connectivity index is 1.53. The summed E-state index contributed by atoms with van der Waals surface area (Å²) >= 11 is 0. The molecule has 0 bridgehead atoms. The summed E-state index contributed by atoms with van der Waals surface area (Å²) in [5.74, 6) is 1.32. The Morgan fingerprint density at radius 2 is 2.00 bits per heavy atom. The summed E-state index contributed by atoms with van der Waals surface area (Å²) in [7, 11) is 0. The minimum Gasteiger partial charge on any atom is -0.494 e. The average molecular weight is 355 g/mol. The predicted octanol–water partition coefficient (Wildman–Crippen LogP) is 3.26. The number of carbonyl (C=O) groups is 1. The lowest BCUT2D eigenvalue weighted by Crippen LogP contribution is -2.31. The van der Waals surface area contributed by atoms with E-state index >= 15 is 0 Å². The van der Waals surface area contributed by atoms with Crippen LogP contribution in [0, 0.1) is 6.92 Å². The molecule has 1 aliphatic heterocycles. The van der Waals surface area contributed by atoms with Crippen LogP contribution in [0.1, 0.15) is 42.2 Å². The van der Waals surface area contributed by atoms with Gasteiger partial charge in [-0.15, -0.1) is 5.10 Å². The lowest BCUT2D eigenvalue weighted by atomic mass is 10.2. The van der Waals surface area contributed by atoms with Gasteiger partial charge in [0.25, 0.3) is 5.91 Å². The van der Waals surface area contributed by atoms with Gasteiger partial charge in [-0.05, 0) is 43.7 Å². The molecular formula is C20H25N3O3. The van der Waals surface area contributed by atoms with E-state index in [0.717, 1.165) is 30.7 Å². The van der Waals surface area contributed by atoms with E-state index < -0.39 is 0 Å². The van der Waals surface area contributed by atoms with Crippen LogP contribution in [0.2, 0.25) is 0 Å². The summed E-state index contributed by atoms with van der Waals surface area (Å²) in [5, 5.41) is 8.01. The van der Waals surface area contributed by atoms with Crippen molar-refractivity contribution >= 4 is 5.91 Å². The minimum atomic E-state index is -0.0485. The van der Waals surface area contributed by atoms with E-state index in [-0.39, 0.29) is 12.0 Å². The van der Waals surface area contributed by atoms with Crippen LogP contribution in [0.3, 0.4) is 0 Å². The van der Waals surface area contributed by atoms with Crippen LogP contribution in [0.15, 0.2) is 36.4 Å². The van der Waals surface area contributed by atoms with Crippen molar-refractivity contribution in [2.24, 2.45) is 0 Å². The second-order valence-corrected chi connectivity index (χ2v) is 6.52. The molecule has 26 heavy (non-hydrogen) atoms. The highest BCUT2D eigenvalue weighted by molar-refractivity contribution is 5.94. The Hall–Kier alpha value is -2.63. The number of unbranched alkanes of at least 4 members (excludes halogenated alkanes) is 1. The normalized spacial score (nSPS) is 16.5. The van der Waals surface area contributed by atoms with Crippen molar-refractivity contribution in [2.75, 3.05) is 19.7 Å². The maximum Gasteiger partial charge on any atom is 0.253 e. The Morgan fingerprint density at radius 3 is 2.69 bits per heavy atom. The van der Waals surface area contributed by atoms with Gasteiger partial charge >= 0.3 is 0 Å². The first-order chi connectivity index (χ1) is 12.7. The number of rotatable bonds is 7. The predicted molar refractivity (Wildman–Crippen MR) is 98.6 cm³/mol. The summed E-state index contributed by atoms with van der Waals surface area (Å²) in [6.07, 6.45) is 2.87. The minimum absolute atomic E-state index is 0.0196. The van der Waals surface area contributed by atoms with Crippen molar-refractivity contribution in [3.05, 3.63) is 47.7 Å². The molecule has 0 radical (unpaired) electrons. The van der Waals surface area contributed by atoms with Gasteiger partial charge in [-0.1, -0.05) is 13.3 Å². The molecule has 2 aromatic rings. The Morgan fingerprint density at radius 1 is 1.19 bits per heavy atom. The monoisotopic (exact) mass is 355 g/mol. The Bertz CT molecular complexity index is 716. The highest BCUT2D eigenvalue weighted by atomic mass is 16.5. The van der Waals surface area contributed by atoms with Crippen LogP contribution < -0.4 is 9.47 Å². The van der Waals surface area contributed by atoms with E-state index in [1.165, 1.54) is 0 Å². The molecule has 1 aromatic carbocycles. The highest BCUT2D eigenvalue weighted by Crippen LogP contribution is 2.20. The molecule has 0 saturated carbocycles. The van der Waals surface area contributed by atoms with Gasteiger partial charge in [-0.25, -0.2) is 0 Å². The molecule has 3 rings (SSSR count). The fourth-order valence-corrected chi connectivity index (χ4v) is 2.84. The third kappa shape index (κ3) is 4.71. The van der Waals surface area contributed by atoms with Gasteiger partial charge in [0.15, 0.2) is 0 Å². The second kappa shape index (κ2) is 8.65. The van der Waals surface area contributed by atoms with Crippen LogP contribution in [0.5, 0.6) is 11.6 Å². The topological polar surface area (TPSA) is 64.5 Å². The van der Waals surface area contributed by atoms with Crippen LogP contribution in [-0.2, 0) is 0 Å². The quantitative estimate of drug-likeness (QED) is 0.713. The molecule has 2 heterocycles. The number of hydrogen-bond donors (Lipinski definition) is 0. The maximum absolute atomic E-state index is 12.7. The van der Waals surface area contributed by atoms with Crippen LogP contribution in [0.4, 0.5) is 0 Å². The Kier molecular flexibility index (Phi) is 6.04. The number of carbonyl (C=O) groups excluding carboxylic acids is 1. The molecule has 1 amide bonds. The summed E-state index contributed by atoms with van der Waals surface area (Å²) in [6, 6.07) is 11.0. The van der Waals surface area contributed by atoms with E-state index in [4.69, 9.17) is 9.47 Å². The zero-order chi connectivity index (χ0) is 18.4. The molecule has 0 N–H and O–H groups in total. The van der Waals surface area contributed by atoms with E-state index in [1.54, 1.807) is 0 Å². The standard InChI is InChI=1S/C20H25N3O3/c1-3-4-13-25-17-8-6-16(7-9-17)20(24)23-12-11-18(14-23)26-19-10-5-15(2)21-22-19/h5-10,18H,3-4,11-14H2,1-2H3. The number of aromatic nitrogens is 2. The van der Waals surface area contributed by atoms with Gasteiger partial charge in [0, 0.05) is 24.6 Å². The van der Waals surface area contributed by atoms with Crippen molar-refractivity contribution < 1.29 is 14.3 Å². The van der Waals surface area contributed by atoms with E-state index in [2.05, 4.69) is 17.1 Å². The number of amides is 1. The molecule has 1 atom stereocenters. The summed E-state index contributed by atoms with van der Waals surface area (Å²) in [5.41, 5.74) is 1.52. The first-order valence-electron chi connectivity index (χ1n) is 9.15. The summed E-state index contributed by atoms with van der Waals surface area (Å²) < 4.78 is 11.5. The first kappa shape index (κ1) is 18.2. The maximum atomic E-state index is 12.7. The van der Waals surface area contributed by atoms with Crippen molar-refractivity contribution in [1.29, 1.82) is 0 Å². The summed E-state index contributed by atoms with van der Waals surface area (Å²) in [4.78, 5) is 14.5. The number of hydrogen-bond acceptors (Lipinski definition) is 5. The van der Waals surface area contributed by atoms with Gasteiger partial charge in [0.05, 0.1) is 18.8 Å². The molecule has 6 nitrogen and oxygen atoms in total. The average Bonchev–Trinajstić information content (AvgIpc) is 3.12. The van der Waals surface area contributed by atoms with Gasteiger partial charge in [0.1, 0.15) is 11.9 Å². The molecular weight excluding hydrogens is 330 g/mol. The molecule has 6 heteroatoms. The smallest absolute Gasteiger partial charge is 0.253 e. The van der Waals surface area contributed by atoms with Gasteiger partial charge in [-0.3, -0.25) is 4.79 Å². The van der Waals surface area contributed by atoms with Gasteiger partial charge in [0.2, 0.25) is 5.88 Å². The van der Waals surface area contributed by atoms with E-state index in [0.29, 0.717) is 31.1 Å². The fourth-order valence-electron chi connectivity index (χ4n) is 2.84. The molecule has 1 aliphatic rings. The number of aryl methyl sites for hydroxylation is 1. The zero-order valence-corrected chi connectivity index (χ0v) is 15.4. The fraction of sp³-hybridized carbons (Fsp3) is 0.450. The molecule has 0 aliphatic carbocycles. The lowest BCUT2D eigenvalue weighted by molar-refractivity contribution is 0.0771. The molecule has 1 aromatic heterocycles. The Labute approximate surface area is 154 Å². The second-order valence-electron chi connectivity index (χ2n) is 6.52. The van der Waals surface area contributed by atoms with Crippen molar-refractivity contribution in [3.8, 4) is 11.6 Å². The molecule has 1 saturated heterocycles. The molecule has 1 unspecified atom stereocenters. The molecule has 138 valence electrons. The molecule has 0 spiro atoms.